The summed E-state index contributed by atoms with van der Waals surface area (Å²) in [5, 5.41) is 6.84. The zero-order valence-electron chi connectivity index (χ0n) is 11.9. The van der Waals surface area contributed by atoms with Gasteiger partial charge in [-0.3, -0.25) is 0 Å². The van der Waals surface area contributed by atoms with Gasteiger partial charge in [0.25, 0.3) is 0 Å². The predicted molar refractivity (Wildman–Crippen MR) is 84.1 cm³/mol. The van der Waals surface area contributed by atoms with E-state index < -0.39 is 0 Å². The molecule has 1 fully saturated rings. The van der Waals surface area contributed by atoms with Crippen LogP contribution >= 0.6 is 11.8 Å². The minimum absolute atomic E-state index is 0.795. The molecule has 1 aliphatic rings. The molecule has 2 rings (SSSR count). The van der Waals surface area contributed by atoms with E-state index in [1.807, 2.05) is 0 Å². The Labute approximate surface area is 120 Å². The monoisotopic (exact) mass is 280 g/mol. The van der Waals surface area contributed by atoms with Crippen LogP contribution in [0.25, 0.3) is 0 Å². The summed E-state index contributed by atoms with van der Waals surface area (Å²) in [5.74, 6) is 5.38. The lowest BCUT2D eigenvalue weighted by Gasteiger charge is -2.22. The summed E-state index contributed by atoms with van der Waals surface area (Å²) in [6, 6.07) is 0. The smallest absolute Gasteiger partial charge is 0.134 e. The molecule has 1 aromatic rings. The lowest BCUT2D eigenvalue weighted by Crippen LogP contribution is -2.20. The fraction of sp³-hybridized carbons (Fsp3) is 0.714. The van der Waals surface area contributed by atoms with Gasteiger partial charge >= 0.3 is 0 Å². The second-order valence-electron chi connectivity index (χ2n) is 4.87. The van der Waals surface area contributed by atoms with E-state index in [-0.39, 0.29) is 0 Å². The maximum absolute atomic E-state index is 4.41. The van der Waals surface area contributed by atoms with E-state index in [0.29, 0.717) is 0 Å². The average molecular weight is 280 g/mol. The summed E-state index contributed by atoms with van der Waals surface area (Å²) in [6.45, 7) is 6.18. The van der Waals surface area contributed by atoms with Crippen molar-refractivity contribution in [2.45, 2.75) is 33.1 Å². The van der Waals surface area contributed by atoms with Gasteiger partial charge in [-0.25, -0.2) is 9.97 Å². The van der Waals surface area contributed by atoms with Gasteiger partial charge in [0, 0.05) is 18.7 Å². The molecule has 1 saturated heterocycles. The predicted octanol–water partition coefficient (Wildman–Crippen LogP) is 3.03. The fourth-order valence-electron chi connectivity index (χ4n) is 2.41. The first-order chi connectivity index (χ1) is 9.35. The van der Waals surface area contributed by atoms with Crippen LogP contribution in [0, 0.1) is 5.92 Å². The molecule has 0 atom stereocenters. The van der Waals surface area contributed by atoms with E-state index in [1.165, 1.54) is 29.9 Å². The van der Waals surface area contributed by atoms with Crippen LogP contribution in [0.15, 0.2) is 6.33 Å². The van der Waals surface area contributed by atoms with Gasteiger partial charge in [0.15, 0.2) is 0 Å². The zero-order chi connectivity index (χ0) is 13.5. The first kappa shape index (κ1) is 14.4. The van der Waals surface area contributed by atoms with E-state index in [4.69, 9.17) is 0 Å². The first-order valence-electron chi connectivity index (χ1n) is 7.24. The minimum Gasteiger partial charge on any atom is -0.370 e. The van der Waals surface area contributed by atoms with Gasteiger partial charge in [-0.2, -0.15) is 11.8 Å². The van der Waals surface area contributed by atoms with Crippen LogP contribution in [0.3, 0.4) is 0 Å². The third kappa shape index (κ3) is 4.00. The molecule has 4 nitrogen and oxygen atoms in total. The lowest BCUT2D eigenvalue weighted by molar-refractivity contribution is 0.515. The van der Waals surface area contributed by atoms with Gasteiger partial charge in [0.2, 0.25) is 0 Å². The quantitative estimate of drug-likeness (QED) is 0.839. The van der Waals surface area contributed by atoms with Gasteiger partial charge in [-0.05, 0) is 43.6 Å². The highest BCUT2D eigenvalue weighted by Crippen LogP contribution is 2.25. The van der Waals surface area contributed by atoms with Crippen molar-refractivity contribution in [3.8, 4) is 0 Å². The Morgan fingerprint density at radius 2 is 1.84 bits per heavy atom. The molecule has 1 aliphatic heterocycles. The number of thioether (sulfide) groups is 1. The summed E-state index contributed by atoms with van der Waals surface area (Å²) in [4.78, 5) is 8.74. The molecule has 1 aromatic heterocycles. The molecular weight excluding hydrogens is 256 g/mol. The second-order valence-corrected chi connectivity index (χ2v) is 6.09. The number of rotatable bonds is 6. The van der Waals surface area contributed by atoms with Gasteiger partial charge in [0.1, 0.15) is 18.0 Å². The molecule has 106 valence electrons. The fourth-order valence-corrected chi connectivity index (χ4v) is 3.61. The summed E-state index contributed by atoms with van der Waals surface area (Å²) < 4.78 is 0. The second kappa shape index (κ2) is 7.58. The van der Waals surface area contributed by atoms with Crippen molar-refractivity contribution in [3.05, 3.63) is 11.9 Å². The van der Waals surface area contributed by atoms with Crippen LogP contribution in [0.1, 0.15) is 32.3 Å². The molecule has 0 bridgehead atoms. The highest BCUT2D eigenvalue weighted by atomic mass is 32.2. The Kier molecular flexibility index (Phi) is 5.76. The molecule has 5 heteroatoms. The van der Waals surface area contributed by atoms with Crippen molar-refractivity contribution in [3.63, 3.8) is 0 Å². The van der Waals surface area contributed by atoms with Crippen molar-refractivity contribution in [1.29, 1.82) is 0 Å². The Morgan fingerprint density at radius 1 is 1.16 bits per heavy atom. The van der Waals surface area contributed by atoms with E-state index in [2.05, 4.69) is 46.2 Å². The Balaban J connectivity index is 2.00. The van der Waals surface area contributed by atoms with Crippen molar-refractivity contribution in [1.82, 2.24) is 9.97 Å². The number of nitrogens with zero attached hydrogens (tertiary/aromatic N) is 2. The maximum Gasteiger partial charge on any atom is 0.134 e. The molecule has 0 aromatic carbocycles. The van der Waals surface area contributed by atoms with E-state index in [0.717, 1.165) is 37.1 Å². The molecule has 19 heavy (non-hydrogen) atoms. The van der Waals surface area contributed by atoms with Crippen LogP contribution < -0.4 is 10.6 Å². The highest BCUT2D eigenvalue weighted by Gasteiger charge is 2.15. The highest BCUT2D eigenvalue weighted by molar-refractivity contribution is 7.99. The number of anilines is 2. The van der Waals surface area contributed by atoms with Crippen LogP contribution in [-0.4, -0.2) is 34.6 Å². The van der Waals surface area contributed by atoms with Gasteiger partial charge in [-0.15, -0.1) is 0 Å². The third-order valence-corrected chi connectivity index (χ3v) is 4.59. The molecule has 2 heterocycles. The molecule has 0 aliphatic carbocycles. The van der Waals surface area contributed by atoms with Crippen LogP contribution in [0.2, 0.25) is 0 Å². The Bertz CT molecular complexity index is 391. The van der Waals surface area contributed by atoms with Crippen LogP contribution in [0.4, 0.5) is 11.6 Å². The van der Waals surface area contributed by atoms with Crippen molar-refractivity contribution < 1.29 is 0 Å². The average Bonchev–Trinajstić information content (AvgIpc) is 2.46. The lowest BCUT2D eigenvalue weighted by atomic mass is 10.0. The van der Waals surface area contributed by atoms with E-state index in [9.17, 15) is 0 Å². The third-order valence-electron chi connectivity index (χ3n) is 3.54. The molecule has 0 amide bonds. The van der Waals surface area contributed by atoms with Crippen molar-refractivity contribution in [2.75, 3.05) is 35.2 Å². The summed E-state index contributed by atoms with van der Waals surface area (Å²) in [7, 11) is 0. The SMILES string of the molecule is CCNc1ncnc(NCC2CCSCC2)c1CC. The summed E-state index contributed by atoms with van der Waals surface area (Å²) in [5.41, 5.74) is 1.20. The van der Waals surface area contributed by atoms with Gasteiger partial charge in [-0.1, -0.05) is 6.92 Å². The topological polar surface area (TPSA) is 49.8 Å². The van der Waals surface area contributed by atoms with Crippen LogP contribution in [-0.2, 0) is 6.42 Å². The van der Waals surface area contributed by atoms with Crippen molar-refractivity contribution in [2.24, 2.45) is 5.92 Å². The number of nitrogens with one attached hydrogen (secondary N) is 2. The Morgan fingerprint density at radius 3 is 2.47 bits per heavy atom. The number of aromatic nitrogens is 2. The summed E-state index contributed by atoms with van der Waals surface area (Å²) >= 11 is 2.07. The number of hydrogen-bond donors (Lipinski definition) is 2. The summed E-state index contributed by atoms with van der Waals surface area (Å²) in [6.07, 6.45) is 5.25. The molecule has 2 N–H and O–H groups in total. The van der Waals surface area contributed by atoms with Gasteiger partial charge < -0.3 is 10.6 Å². The molecule has 0 saturated carbocycles. The minimum atomic E-state index is 0.795. The molecule has 0 spiro atoms. The van der Waals surface area contributed by atoms with Crippen molar-refractivity contribution >= 4 is 23.4 Å². The van der Waals surface area contributed by atoms with E-state index in [1.54, 1.807) is 6.33 Å². The standard InChI is InChI=1S/C14H24N4S/c1-3-12-13(15-4-2)17-10-18-14(12)16-9-11-5-7-19-8-6-11/h10-11H,3-9H2,1-2H3,(H2,15,16,17,18). The zero-order valence-corrected chi connectivity index (χ0v) is 12.7. The van der Waals surface area contributed by atoms with E-state index >= 15 is 0 Å². The molecule has 0 unspecified atom stereocenters. The van der Waals surface area contributed by atoms with Crippen LogP contribution in [0.5, 0.6) is 0 Å². The first-order valence-corrected chi connectivity index (χ1v) is 8.40. The van der Waals surface area contributed by atoms with Gasteiger partial charge in [0.05, 0.1) is 0 Å². The molecule has 0 radical (unpaired) electrons. The largest absolute Gasteiger partial charge is 0.370 e. The normalized spacial score (nSPS) is 16.3. The molecular formula is C14H24N4S. The number of hydrogen-bond acceptors (Lipinski definition) is 5. The maximum atomic E-state index is 4.41. The Hall–Kier alpha value is -0.970.